The molecule has 3 aromatic heterocycles. The van der Waals surface area contributed by atoms with Crippen molar-refractivity contribution in [1.82, 2.24) is 24.8 Å². The molecule has 0 unspecified atom stereocenters. The maximum Gasteiger partial charge on any atom is 0.361 e. The van der Waals surface area contributed by atoms with Crippen LogP contribution in [0.3, 0.4) is 0 Å². The predicted octanol–water partition coefficient (Wildman–Crippen LogP) is 3.37. The minimum Gasteiger partial charge on any atom is -0.856 e. The first kappa shape index (κ1) is 18.8. The maximum atomic E-state index is 12.9. The van der Waals surface area contributed by atoms with Crippen LogP contribution in [0.2, 0.25) is 5.15 Å². The second-order valence-corrected chi connectivity index (χ2v) is 7.75. The molecule has 0 N–H and O–H groups in total. The standard InChI is InChI=1S/C21H15ClN6OS/c1-12-16(18(22)27(25-12)13-8-4-3-5-9-13)19-23-15-11-7-6-10-14(15)17-20(29)24-21(30-2)26-28(17)19/h3-11H,1-2H3. The zero-order valence-electron chi connectivity index (χ0n) is 16.1. The number of thioether (sulfide) groups is 1. The van der Waals surface area contributed by atoms with E-state index in [9.17, 15) is 5.11 Å². The van der Waals surface area contributed by atoms with Gasteiger partial charge in [-0.15, -0.1) is 0 Å². The van der Waals surface area contributed by atoms with Crippen LogP contribution in [0.1, 0.15) is 5.69 Å². The van der Waals surface area contributed by atoms with Crippen molar-refractivity contribution in [3.8, 4) is 23.0 Å². The Labute approximate surface area is 181 Å². The summed E-state index contributed by atoms with van der Waals surface area (Å²) in [6, 6.07) is 17.0. The van der Waals surface area contributed by atoms with Crippen LogP contribution in [-0.4, -0.2) is 31.1 Å². The molecule has 30 heavy (non-hydrogen) atoms. The summed E-state index contributed by atoms with van der Waals surface area (Å²) < 4.78 is 3.19. The van der Waals surface area contributed by atoms with Crippen LogP contribution in [0.25, 0.3) is 33.5 Å². The number of hydrogen-bond acceptors (Lipinski definition) is 6. The van der Waals surface area contributed by atoms with Crippen molar-refractivity contribution in [3.05, 3.63) is 65.4 Å². The van der Waals surface area contributed by atoms with Crippen molar-refractivity contribution in [2.75, 3.05) is 6.26 Å². The normalized spacial score (nSPS) is 11.4. The molecule has 9 heteroatoms. The summed E-state index contributed by atoms with van der Waals surface area (Å²) in [5, 5.41) is 23.5. The van der Waals surface area contributed by atoms with E-state index in [0.717, 1.165) is 5.69 Å². The molecule has 0 aliphatic rings. The maximum absolute atomic E-state index is 12.9. The fourth-order valence-electron chi connectivity index (χ4n) is 3.45. The highest BCUT2D eigenvalue weighted by atomic mass is 35.5. The molecule has 0 aliphatic heterocycles. The number of rotatable bonds is 3. The predicted molar refractivity (Wildman–Crippen MR) is 114 cm³/mol. The van der Waals surface area contributed by atoms with Crippen molar-refractivity contribution >= 4 is 39.8 Å². The summed E-state index contributed by atoms with van der Waals surface area (Å²) in [5.41, 5.74) is 3.14. The molecule has 7 nitrogen and oxygen atoms in total. The van der Waals surface area contributed by atoms with Crippen molar-refractivity contribution in [2.45, 2.75) is 12.1 Å². The van der Waals surface area contributed by atoms with Crippen molar-refractivity contribution in [3.63, 3.8) is 0 Å². The van der Waals surface area contributed by atoms with E-state index in [1.807, 2.05) is 67.8 Å². The van der Waals surface area contributed by atoms with Gasteiger partial charge >= 0.3 is 5.82 Å². The number of aromatic nitrogens is 6. The van der Waals surface area contributed by atoms with Gasteiger partial charge in [-0.3, -0.25) is 0 Å². The Morgan fingerprint density at radius 3 is 2.53 bits per heavy atom. The van der Waals surface area contributed by atoms with Gasteiger partial charge in [0.15, 0.2) is 11.0 Å². The lowest BCUT2D eigenvalue weighted by molar-refractivity contribution is -0.579. The third-order valence-corrected chi connectivity index (χ3v) is 5.68. The molecule has 3 heterocycles. The lowest BCUT2D eigenvalue weighted by Gasteiger charge is -2.10. The van der Waals surface area contributed by atoms with E-state index in [1.165, 1.54) is 16.3 Å². The van der Waals surface area contributed by atoms with Crippen molar-refractivity contribution < 1.29 is 9.62 Å². The SMILES string of the molecule is CSc1nc([O-])c2c3ccccc3nc(-c3c(C)nn(-c4ccccc4)c3Cl)[n+]2n1. The minimum atomic E-state index is -0.363. The average molecular weight is 435 g/mol. The molecular weight excluding hydrogens is 420 g/mol. The highest BCUT2D eigenvalue weighted by Gasteiger charge is 2.29. The van der Waals surface area contributed by atoms with E-state index in [1.54, 1.807) is 4.68 Å². The van der Waals surface area contributed by atoms with E-state index >= 15 is 0 Å². The van der Waals surface area contributed by atoms with Crippen LogP contribution in [0, 0.1) is 6.92 Å². The first-order valence-electron chi connectivity index (χ1n) is 9.13. The second kappa shape index (κ2) is 7.23. The Bertz CT molecular complexity index is 1420. The molecule has 2 aromatic carbocycles. The van der Waals surface area contributed by atoms with Crippen LogP contribution < -0.4 is 9.62 Å². The summed E-state index contributed by atoms with van der Waals surface area (Å²) in [6.07, 6.45) is 1.82. The number of aryl methyl sites for hydroxylation is 1. The summed E-state index contributed by atoms with van der Waals surface area (Å²) in [6.45, 7) is 1.86. The van der Waals surface area contributed by atoms with Gasteiger partial charge in [0.2, 0.25) is 5.16 Å². The highest BCUT2D eigenvalue weighted by Crippen LogP contribution is 2.32. The van der Waals surface area contributed by atoms with Crippen LogP contribution in [0.15, 0.2) is 59.8 Å². The van der Waals surface area contributed by atoms with Gasteiger partial charge in [-0.25, -0.2) is 9.67 Å². The number of para-hydroxylation sites is 2. The quantitative estimate of drug-likeness (QED) is 0.246. The molecular formula is C21H15ClN6OS. The van der Waals surface area contributed by atoms with Gasteiger partial charge in [-0.2, -0.15) is 5.10 Å². The Morgan fingerprint density at radius 1 is 1.03 bits per heavy atom. The molecule has 0 fully saturated rings. The van der Waals surface area contributed by atoms with Crippen LogP contribution in [0.4, 0.5) is 0 Å². The molecule has 0 aliphatic carbocycles. The van der Waals surface area contributed by atoms with E-state index < -0.39 is 0 Å². The lowest BCUT2D eigenvalue weighted by atomic mass is 10.2. The van der Waals surface area contributed by atoms with E-state index in [0.29, 0.717) is 43.8 Å². The largest absolute Gasteiger partial charge is 0.856 e. The smallest absolute Gasteiger partial charge is 0.361 e. The highest BCUT2D eigenvalue weighted by molar-refractivity contribution is 7.98. The van der Waals surface area contributed by atoms with E-state index in [-0.39, 0.29) is 5.88 Å². The van der Waals surface area contributed by atoms with Crippen molar-refractivity contribution in [2.24, 2.45) is 0 Å². The monoisotopic (exact) mass is 434 g/mol. The van der Waals surface area contributed by atoms with Crippen LogP contribution >= 0.6 is 23.4 Å². The van der Waals surface area contributed by atoms with Gasteiger partial charge in [0.05, 0.1) is 16.8 Å². The van der Waals surface area contributed by atoms with Gasteiger partial charge in [0.25, 0.3) is 0 Å². The Balaban J connectivity index is 1.89. The first-order chi connectivity index (χ1) is 14.6. The van der Waals surface area contributed by atoms with Crippen LogP contribution in [-0.2, 0) is 0 Å². The summed E-state index contributed by atoms with van der Waals surface area (Å²) in [5.74, 6) is 0.0848. The van der Waals surface area contributed by atoms with E-state index in [2.05, 4.69) is 15.2 Å². The van der Waals surface area contributed by atoms with Crippen molar-refractivity contribution in [1.29, 1.82) is 0 Å². The molecule has 0 bridgehead atoms. The van der Waals surface area contributed by atoms with Gasteiger partial charge in [0, 0.05) is 5.88 Å². The van der Waals surface area contributed by atoms with Gasteiger partial charge in [-0.05, 0) is 47.5 Å². The minimum absolute atomic E-state index is 0.358. The number of halogens is 1. The summed E-state index contributed by atoms with van der Waals surface area (Å²) in [4.78, 5) is 8.90. The zero-order chi connectivity index (χ0) is 20.8. The molecule has 0 spiro atoms. The Hall–Kier alpha value is -3.23. The molecule has 5 rings (SSSR count). The molecule has 0 amide bonds. The number of fused-ring (bicyclic) bond motifs is 3. The Morgan fingerprint density at radius 2 is 1.77 bits per heavy atom. The fourth-order valence-corrected chi connectivity index (χ4v) is 4.14. The molecule has 0 saturated carbocycles. The van der Waals surface area contributed by atoms with Gasteiger partial charge in [-0.1, -0.05) is 58.2 Å². The Kier molecular flexibility index (Phi) is 4.52. The zero-order valence-corrected chi connectivity index (χ0v) is 17.6. The second-order valence-electron chi connectivity index (χ2n) is 6.62. The number of hydrogen-bond donors (Lipinski definition) is 0. The average Bonchev–Trinajstić information content (AvgIpc) is 3.07. The molecule has 0 radical (unpaired) electrons. The van der Waals surface area contributed by atoms with Crippen LogP contribution in [0.5, 0.6) is 5.88 Å². The third kappa shape index (κ3) is 2.88. The molecule has 148 valence electrons. The third-order valence-electron chi connectivity index (χ3n) is 4.79. The summed E-state index contributed by atoms with van der Waals surface area (Å²) >= 11 is 8.08. The number of nitrogens with zero attached hydrogens (tertiary/aromatic N) is 6. The van der Waals surface area contributed by atoms with E-state index in [4.69, 9.17) is 16.6 Å². The molecule has 0 atom stereocenters. The lowest BCUT2D eigenvalue weighted by Crippen LogP contribution is -2.34. The fraction of sp³-hybridized carbons (Fsp3) is 0.0952. The van der Waals surface area contributed by atoms with Gasteiger partial charge < -0.3 is 5.11 Å². The molecule has 0 saturated heterocycles. The molecule has 5 aromatic rings. The van der Waals surface area contributed by atoms with Gasteiger partial charge in [0.1, 0.15) is 10.7 Å². The topological polar surface area (TPSA) is 83.6 Å². The first-order valence-corrected chi connectivity index (χ1v) is 10.7. The summed E-state index contributed by atoms with van der Waals surface area (Å²) in [7, 11) is 0. The number of benzene rings is 2.